The van der Waals surface area contributed by atoms with Crippen molar-refractivity contribution >= 4 is 86.2 Å². The van der Waals surface area contributed by atoms with E-state index in [9.17, 15) is 0 Å². The monoisotopic (exact) mass is 1740 g/mol. The third-order valence-corrected chi connectivity index (χ3v) is 32.7. The average Bonchev–Trinajstić information content (AvgIpc) is 1.50. The lowest BCUT2D eigenvalue weighted by molar-refractivity contribution is 0.802. The molecule has 0 aliphatic heterocycles. The van der Waals surface area contributed by atoms with Crippen LogP contribution in [0.1, 0.15) is 66.8 Å². The maximum Gasteiger partial charge on any atom is 0.145 e. The molecule has 1 atom stereocenters. The molecule has 1 unspecified atom stereocenters. The van der Waals surface area contributed by atoms with Crippen molar-refractivity contribution in [3.05, 3.63) is 528 Å². The van der Waals surface area contributed by atoms with Gasteiger partial charge >= 0.3 is 0 Å². The van der Waals surface area contributed by atoms with Gasteiger partial charge < -0.3 is 0 Å². The zero-order chi connectivity index (χ0) is 87.2. The first kappa shape index (κ1) is 75.8. The molecule has 6 heterocycles. The summed E-state index contributed by atoms with van der Waals surface area (Å²) >= 11 is 5.80. The van der Waals surface area contributed by atoms with Gasteiger partial charge in [0.15, 0.2) is 0 Å². The number of hydrogen-bond donors (Lipinski definition) is 0. The van der Waals surface area contributed by atoms with Gasteiger partial charge in [-0.2, -0.15) is 0 Å². The van der Waals surface area contributed by atoms with Crippen molar-refractivity contribution in [3.63, 3.8) is 0 Å². The number of thiophene rings is 3. The standard InChI is InChI=1S/C46H28N2S.C42H25NS.C38H23NS/c1-2-12-29(13-3-1)30-22-25-32(26-23-30)48-41-20-10-9-19-40(41)47-45(48)31-24-27-39-36(28-31)33-14-4-7-17-37(33)46(39)38-18-8-5-15-34(38)44-43(46)35-16-6-11-21-42(35)49-44;1-2-13-26(14-3-1)37-25-32(29-17-6-10-23-36(29)43-37)30-19-12-22-35-39(30)41-40(31-18-7-11-24-38(31)44-41)42(35)33-20-8-4-15-27(33)28-16-5-9-21-34(28)42;1-4-12-31-27(9-1)28-10-2-5-13-32(28)38(31)33-21-20-26(24-16-18-25(19-17-24)34-14-7-8-22-39-34)23-30(33)37-36(38)29-11-3-6-15-35(29)40-37/h1-28H;1-25H;1-23H. The van der Waals surface area contributed by atoms with E-state index in [1.54, 1.807) is 0 Å². The second-order valence-corrected chi connectivity index (χ2v) is 38.7. The summed E-state index contributed by atoms with van der Waals surface area (Å²) in [6, 6.07) is 167. The molecule has 18 aromatic carbocycles. The van der Waals surface area contributed by atoms with Gasteiger partial charge in [-0.1, -0.05) is 376 Å². The van der Waals surface area contributed by atoms with Gasteiger partial charge in [-0.3, -0.25) is 9.55 Å². The van der Waals surface area contributed by atoms with Crippen LogP contribution in [-0.4, -0.2) is 19.5 Å². The molecule has 0 radical (unpaired) electrons. The Morgan fingerprint density at radius 1 is 0.211 bits per heavy atom. The first-order valence-corrected chi connectivity index (χ1v) is 48.1. The Morgan fingerprint density at radius 3 is 1.17 bits per heavy atom. The zero-order valence-electron chi connectivity index (χ0n) is 71.9. The van der Waals surface area contributed by atoms with E-state index in [2.05, 4.69) is 452 Å². The predicted molar refractivity (Wildman–Crippen MR) is 555 cm³/mol. The Kier molecular flexibility index (Phi) is 16.8. The van der Waals surface area contributed by atoms with Crippen LogP contribution in [0.3, 0.4) is 0 Å². The lowest BCUT2D eigenvalue weighted by Crippen LogP contribution is -2.25. The molecule has 4 nitrogen and oxygen atoms in total. The molecule has 0 saturated heterocycles. The Bertz CT molecular complexity index is 8870. The minimum Gasteiger partial charge on any atom is -0.292 e. The van der Waals surface area contributed by atoms with Crippen molar-refractivity contribution in [3.8, 4) is 138 Å². The van der Waals surface area contributed by atoms with E-state index in [4.69, 9.17) is 9.97 Å². The van der Waals surface area contributed by atoms with Gasteiger partial charge in [0.05, 0.1) is 44.2 Å². The molecular weight excluding hydrogens is 1670 g/mol. The van der Waals surface area contributed by atoms with E-state index >= 15 is 0 Å². The van der Waals surface area contributed by atoms with Crippen molar-refractivity contribution in [1.29, 1.82) is 0 Å². The van der Waals surface area contributed by atoms with Crippen molar-refractivity contribution < 1.29 is 0 Å². The number of benzene rings is 18. The van der Waals surface area contributed by atoms with Crippen LogP contribution in [0.5, 0.6) is 0 Å². The smallest absolute Gasteiger partial charge is 0.145 e. The van der Waals surface area contributed by atoms with E-state index in [1.807, 2.05) is 52.3 Å². The third kappa shape index (κ3) is 10.8. The van der Waals surface area contributed by atoms with Crippen LogP contribution >= 0.6 is 34.0 Å². The lowest BCUT2D eigenvalue weighted by Gasteiger charge is -2.30. The minimum absolute atomic E-state index is 0.307. The lowest BCUT2D eigenvalue weighted by atomic mass is 9.70. The number of rotatable bonds is 7. The molecular formula is C126H76N4S3. The SMILES string of the molecule is c1ccc(-c2cc(-c3cccc4c3-c3sc5ccccc5c3C43c4ccccc4-c4ccccc43)c3ccccc3n2)cc1.c1ccc(-c2ccc(-c3ccc4c(c3)-c3sc5ccccc5c3C43c4ccccc4-c4ccccc43)cc2)nc1.c1ccc(-c2ccc(-n3c(-c4ccc5c(c4)-c4ccccc4C54c5ccccc5-c5sc6ccccc6c54)nc4ccccc43)cc2)cc1. The molecule has 7 heteroatoms. The third-order valence-electron chi connectivity index (χ3n) is 29.1. The Balaban J connectivity index is 0.000000100. The second-order valence-electron chi connectivity index (χ2n) is 35.6. The van der Waals surface area contributed by atoms with E-state index in [0.717, 1.165) is 56.1 Å². The molecule has 6 aromatic heterocycles. The van der Waals surface area contributed by atoms with Crippen LogP contribution in [0.25, 0.3) is 190 Å². The number of para-hydroxylation sites is 3. The highest BCUT2D eigenvalue weighted by Gasteiger charge is 2.57. The van der Waals surface area contributed by atoms with Gasteiger partial charge in [-0.25, -0.2) is 9.97 Å². The number of imidazole rings is 1. The Labute approximate surface area is 781 Å². The normalized spacial score (nSPS) is 14.3. The van der Waals surface area contributed by atoms with E-state index in [0.29, 0.717) is 0 Å². The largest absolute Gasteiger partial charge is 0.292 e. The fraction of sp³-hybridized carbons (Fsp3) is 0.0238. The highest BCUT2D eigenvalue weighted by atomic mass is 32.1. The van der Waals surface area contributed by atoms with Crippen LogP contribution in [0.2, 0.25) is 0 Å². The van der Waals surface area contributed by atoms with Crippen molar-refractivity contribution in [2.45, 2.75) is 16.2 Å². The Morgan fingerprint density at radius 2 is 0.586 bits per heavy atom. The highest BCUT2D eigenvalue weighted by molar-refractivity contribution is 7.23. The molecule has 6 aliphatic rings. The quantitative estimate of drug-likeness (QED) is 0.160. The van der Waals surface area contributed by atoms with Crippen LogP contribution in [0, 0.1) is 0 Å². The van der Waals surface area contributed by atoms with E-state index in [1.165, 1.54) is 200 Å². The number of aromatic nitrogens is 4. The zero-order valence-corrected chi connectivity index (χ0v) is 74.3. The number of nitrogens with zero attached hydrogens (tertiary/aromatic N) is 4. The summed E-state index contributed by atoms with van der Waals surface area (Å²) in [5, 5.41) is 5.25. The predicted octanol–water partition coefficient (Wildman–Crippen LogP) is 33.0. The molecule has 0 bridgehead atoms. The van der Waals surface area contributed by atoms with Crippen molar-refractivity contribution in [1.82, 2.24) is 19.5 Å². The molecule has 0 saturated carbocycles. The molecule has 3 spiro atoms. The molecule has 0 amide bonds. The van der Waals surface area contributed by atoms with Gasteiger partial charge in [0, 0.05) is 68.3 Å². The number of hydrogen-bond acceptors (Lipinski definition) is 6. The average molecular weight is 1740 g/mol. The molecule has 24 aromatic rings. The molecule has 618 valence electrons. The van der Waals surface area contributed by atoms with Gasteiger partial charge in [0.25, 0.3) is 0 Å². The van der Waals surface area contributed by atoms with Gasteiger partial charge in [-0.15, -0.1) is 34.0 Å². The summed E-state index contributed by atoms with van der Waals surface area (Å²) in [6.45, 7) is 0. The molecule has 133 heavy (non-hydrogen) atoms. The van der Waals surface area contributed by atoms with Gasteiger partial charge in [-0.05, 0) is 240 Å². The van der Waals surface area contributed by atoms with Crippen LogP contribution in [-0.2, 0) is 16.2 Å². The van der Waals surface area contributed by atoms with Crippen LogP contribution < -0.4 is 0 Å². The second kappa shape index (κ2) is 29.4. The Hall–Kier alpha value is -16.1. The summed E-state index contributed by atoms with van der Waals surface area (Å²) in [6.07, 6.45) is 1.85. The number of pyridine rings is 2. The highest BCUT2D eigenvalue weighted by Crippen LogP contribution is 2.71. The van der Waals surface area contributed by atoms with Gasteiger partial charge in [0.1, 0.15) is 5.82 Å². The van der Waals surface area contributed by atoms with E-state index in [-0.39, 0.29) is 16.2 Å². The maximum atomic E-state index is 5.28. The molecule has 0 N–H and O–H groups in total. The van der Waals surface area contributed by atoms with Crippen molar-refractivity contribution in [2.75, 3.05) is 0 Å². The first-order chi connectivity index (χ1) is 66.0. The number of fused-ring (bicyclic) bond motifs is 38. The summed E-state index contributed by atoms with van der Waals surface area (Å²) in [7, 11) is 0. The molecule has 6 aliphatic carbocycles. The first-order valence-electron chi connectivity index (χ1n) is 45.7. The van der Waals surface area contributed by atoms with E-state index < -0.39 is 0 Å². The van der Waals surface area contributed by atoms with Crippen molar-refractivity contribution in [2.24, 2.45) is 0 Å². The van der Waals surface area contributed by atoms with Crippen LogP contribution in [0.4, 0.5) is 0 Å². The summed E-state index contributed by atoms with van der Waals surface area (Å²) < 4.78 is 6.35. The summed E-state index contributed by atoms with van der Waals surface area (Å²) in [5.41, 5.74) is 44.6. The summed E-state index contributed by atoms with van der Waals surface area (Å²) in [4.78, 5) is 19.1. The maximum absolute atomic E-state index is 5.28. The fourth-order valence-corrected chi connectivity index (χ4v) is 27.7. The van der Waals surface area contributed by atoms with Crippen LogP contribution in [0.15, 0.2) is 461 Å². The summed E-state index contributed by atoms with van der Waals surface area (Å²) in [5.74, 6) is 0.948. The molecule has 30 rings (SSSR count). The van der Waals surface area contributed by atoms with Gasteiger partial charge in [0.2, 0.25) is 0 Å². The molecule has 0 fully saturated rings. The fourth-order valence-electron chi connectivity index (χ4n) is 23.8. The topological polar surface area (TPSA) is 43.6 Å². The minimum atomic E-state index is -0.376.